The fourth-order valence-corrected chi connectivity index (χ4v) is 2.45. The van der Waals surface area contributed by atoms with E-state index in [-0.39, 0.29) is 5.91 Å². The number of benzene rings is 1. The van der Waals surface area contributed by atoms with Gasteiger partial charge in [0.25, 0.3) is 0 Å². The summed E-state index contributed by atoms with van der Waals surface area (Å²) in [6.07, 6.45) is 1.55. The van der Waals surface area contributed by atoms with Crippen molar-refractivity contribution >= 4 is 34.8 Å². The topological polar surface area (TPSA) is 41.1 Å². The van der Waals surface area contributed by atoms with Crippen molar-refractivity contribution in [3.8, 4) is 0 Å². The predicted octanol–water partition coefficient (Wildman–Crippen LogP) is 2.93. The molecule has 1 aliphatic rings. The van der Waals surface area contributed by atoms with Gasteiger partial charge in [-0.2, -0.15) is 0 Å². The summed E-state index contributed by atoms with van der Waals surface area (Å²) in [5, 5.41) is 6.94. The van der Waals surface area contributed by atoms with Gasteiger partial charge in [0.05, 0.1) is 15.7 Å². The second kappa shape index (κ2) is 5.71. The number of hydrogen-bond donors (Lipinski definition) is 2. The molecule has 1 saturated heterocycles. The number of halogens is 2. The lowest BCUT2D eigenvalue weighted by molar-refractivity contribution is -0.116. The van der Waals surface area contributed by atoms with Crippen LogP contribution in [0.15, 0.2) is 18.2 Å². The Labute approximate surface area is 110 Å². The van der Waals surface area contributed by atoms with Crippen LogP contribution in [0.25, 0.3) is 0 Å². The van der Waals surface area contributed by atoms with Crippen LogP contribution in [0.4, 0.5) is 5.69 Å². The third kappa shape index (κ3) is 3.35. The van der Waals surface area contributed by atoms with Gasteiger partial charge in [0.1, 0.15) is 0 Å². The molecule has 3 nitrogen and oxygen atoms in total. The van der Waals surface area contributed by atoms with E-state index in [9.17, 15) is 4.79 Å². The maximum Gasteiger partial charge on any atom is 0.224 e. The minimum atomic E-state index is -0.0336. The van der Waals surface area contributed by atoms with Gasteiger partial charge in [0.15, 0.2) is 0 Å². The van der Waals surface area contributed by atoms with Crippen LogP contribution in [0.1, 0.15) is 12.8 Å². The Balaban J connectivity index is 1.97. The van der Waals surface area contributed by atoms with Gasteiger partial charge in [-0.05, 0) is 37.6 Å². The van der Waals surface area contributed by atoms with E-state index in [0.29, 0.717) is 28.1 Å². The van der Waals surface area contributed by atoms with Crippen molar-refractivity contribution < 1.29 is 4.79 Å². The van der Waals surface area contributed by atoms with Crippen LogP contribution in [0.5, 0.6) is 0 Å². The molecular formula is C12H14Cl2N2O. The SMILES string of the molecule is O=C(CC1CCNC1)Nc1c(Cl)cccc1Cl. The number of anilines is 1. The molecule has 17 heavy (non-hydrogen) atoms. The summed E-state index contributed by atoms with van der Waals surface area (Å²) in [6.45, 7) is 1.90. The Morgan fingerprint density at radius 2 is 2.12 bits per heavy atom. The van der Waals surface area contributed by atoms with E-state index < -0.39 is 0 Å². The van der Waals surface area contributed by atoms with Crippen molar-refractivity contribution in [1.82, 2.24) is 5.32 Å². The molecular weight excluding hydrogens is 259 g/mol. The van der Waals surface area contributed by atoms with Crippen molar-refractivity contribution in [2.24, 2.45) is 5.92 Å². The zero-order valence-corrected chi connectivity index (χ0v) is 10.8. The van der Waals surface area contributed by atoms with Crippen LogP contribution < -0.4 is 10.6 Å². The Morgan fingerprint density at radius 1 is 1.41 bits per heavy atom. The van der Waals surface area contributed by atoms with E-state index in [0.717, 1.165) is 19.5 Å². The van der Waals surface area contributed by atoms with Gasteiger partial charge in [0, 0.05) is 6.42 Å². The first-order valence-corrected chi connectivity index (χ1v) is 6.37. The second-order valence-corrected chi connectivity index (χ2v) is 5.02. The molecule has 1 fully saturated rings. The summed E-state index contributed by atoms with van der Waals surface area (Å²) >= 11 is 12.0. The monoisotopic (exact) mass is 272 g/mol. The lowest BCUT2D eigenvalue weighted by Gasteiger charge is -2.11. The molecule has 5 heteroatoms. The number of carbonyl (C=O) groups is 1. The van der Waals surface area contributed by atoms with Gasteiger partial charge in [-0.1, -0.05) is 29.3 Å². The highest BCUT2D eigenvalue weighted by Gasteiger charge is 2.19. The van der Waals surface area contributed by atoms with Crippen molar-refractivity contribution in [3.05, 3.63) is 28.2 Å². The summed E-state index contributed by atoms with van der Waals surface area (Å²) in [4.78, 5) is 11.8. The average molecular weight is 273 g/mol. The Morgan fingerprint density at radius 3 is 2.71 bits per heavy atom. The quantitative estimate of drug-likeness (QED) is 0.889. The Hall–Kier alpha value is -0.770. The number of rotatable bonds is 3. The van der Waals surface area contributed by atoms with E-state index in [4.69, 9.17) is 23.2 Å². The summed E-state index contributed by atoms with van der Waals surface area (Å²) in [7, 11) is 0. The number of nitrogens with one attached hydrogen (secondary N) is 2. The van der Waals surface area contributed by atoms with E-state index >= 15 is 0 Å². The molecule has 0 saturated carbocycles. The van der Waals surface area contributed by atoms with Gasteiger partial charge in [-0.3, -0.25) is 4.79 Å². The van der Waals surface area contributed by atoms with Crippen LogP contribution in [0, 0.1) is 5.92 Å². The highest BCUT2D eigenvalue weighted by atomic mass is 35.5. The molecule has 1 atom stereocenters. The standard InChI is InChI=1S/C12H14Cl2N2O/c13-9-2-1-3-10(14)12(9)16-11(17)6-8-4-5-15-7-8/h1-3,8,15H,4-7H2,(H,16,17). The molecule has 1 aliphatic heterocycles. The van der Waals surface area contributed by atoms with Gasteiger partial charge in [-0.15, -0.1) is 0 Å². The largest absolute Gasteiger partial charge is 0.324 e. The molecule has 0 bridgehead atoms. The van der Waals surface area contributed by atoms with Crippen LogP contribution in [-0.4, -0.2) is 19.0 Å². The van der Waals surface area contributed by atoms with E-state index in [1.54, 1.807) is 18.2 Å². The third-order valence-electron chi connectivity index (χ3n) is 2.86. The van der Waals surface area contributed by atoms with E-state index in [1.807, 2.05) is 0 Å². The van der Waals surface area contributed by atoms with E-state index in [2.05, 4.69) is 10.6 Å². The van der Waals surface area contributed by atoms with Crippen LogP contribution >= 0.6 is 23.2 Å². The average Bonchev–Trinajstić information content (AvgIpc) is 2.76. The maximum absolute atomic E-state index is 11.8. The lowest BCUT2D eigenvalue weighted by Crippen LogP contribution is -2.18. The van der Waals surface area contributed by atoms with Crippen LogP contribution in [0.2, 0.25) is 10.0 Å². The molecule has 1 aromatic carbocycles. The molecule has 2 rings (SSSR count). The summed E-state index contributed by atoms with van der Waals surface area (Å²) in [6, 6.07) is 5.17. The lowest BCUT2D eigenvalue weighted by atomic mass is 10.0. The zero-order valence-electron chi connectivity index (χ0n) is 9.30. The minimum absolute atomic E-state index is 0.0336. The number of amides is 1. The van der Waals surface area contributed by atoms with Gasteiger partial charge >= 0.3 is 0 Å². The molecule has 0 aliphatic carbocycles. The fourth-order valence-electron chi connectivity index (χ4n) is 1.96. The first kappa shape index (κ1) is 12.7. The Kier molecular flexibility index (Phi) is 4.26. The molecule has 0 spiro atoms. The van der Waals surface area contributed by atoms with Crippen LogP contribution in [0.3, 0.4) is 0 Å². The molecule has 1 aromatic rings. The number of hydrogen-bond acceptors (Lipinski definition) is 2. The Bertz CT molecular complexity index is 397. The molecule has 0 radical (unpaired) electrons. The maximum atomic E-state index is 11.8. The van der Waals surface area contributed by atoms with Gasteiger partial charge in [-0.25, -0.2) is 0 Å². The molecule has 1 amide bonds. The third-order valence-corrected chi connectivity index (χ3v) is 3.49. The first-order chi connectivity index (χ1) is 8.16. The van der Waals surface area contributed by atoms with Crippen molar-refractivity contribution in [3.63, 3.8) is 0 Å². The normalized spacial score (nSPS) is 19.3. The molecule has 92 valence electrons. The summed E-state index contributed by atoms with van der Waals surface area (Å²) in [5.74, 6) is 0.380. The van der Waals surface area contributed by atoms with E-state index in [1.165, 1.54) is 0 Å². The molecule has 0 aromatic heterocycles. The minimum Gasteiger partial charge on any atom is -0.324 e. The van der Waals surface area contributed by atoms with Crippen molar-refractivity contribution in [2.45, 2.75) is 12.8 Å². The summed E-state index contributed by atoms with van der Waals surface area (Å²) in [5.41, 5.74) is 0.506. The fraction of sp³-hybridized carbons (Fsp3) is 0.417. The first-order valence-electron chi connectivity index (χ1n) is 5.61. The van der Waals surface area contributed by atoms with Crippen LogP contribution in [-0.2, 0) is 4.79 Å². The van der Waals surface area contributed by atoms with Gasteiger partial charge < -0.3 is 10.6 Å². The second-order valence-electron chi connectivity index (χ2n) is 4.21. The van der Waals surface area contributed by atoms with Gasteiger partial charge in [0.2, 0.25) is 5.91 Å². The molecule has 2 N–H and O–H groups in total. The van der Waals surface area contributed by atoms with Crippen molar-refractivity contribution in [2.75, 3.05) is 18.4 Å². The smallest absolute Gasteiger partial charge is 0.224 e. The molecule has 1 unspecified atom stereocenters. The summed E-state index contributed by atoms with van der Waals surface area (Å²) < 4.78 is 0. The molecule has 1 heterocycles. The number of carbonyl (C=O) groups excluding carboxylic acids is 1. The predicted molar refractivity (Wildman–Crippen MR) is 70.7 cm³/mol. The zero-order chi connectivity index (χ0) is 12.3. The highest BCUT2D eigenvalue weighted by Crippen LogP contribution is 2.30. The number of para-hydroxylation sites is 1. The van der Waals surface area contributed by atoms with Crippen molar-refractivity contribution in [1.29, 1.82) is 0 Å². The highest BCUT2D eigenvalue weighted by molar-refractivity contribution is 6.39.